The molecule has 1 amide bonds. The average molecular weight is 270 g/mol. The molecular weight excluding hydrogens is 248 g/mol. The fourth-order valence-corrected chi connectivity index (χ4v) is 2.62. The molecule has 0 aliphatic rings. The standard InChI is InChI=1S/C12H22N4OS/c1-5-7-12(3,4)16-10(17)8-9(13)15-11(18-8)14-6-2/h5-7,13H2,1-4H3,(H,14,15)(H,16,17). The third kappa shape index (κ3) is 3.87. The zero-order valence-corrected chi connectivity index (χ0v) is 12.3. The van der Waals surface area contributed by atoms with E-state index >= 15 is 0 Å². The topological polar surface area (TPSA) is 80.0 Å². The van der Waals surface area contributed by atoms with Gasteiger partial charge in [-0.15, -0.1) is 0 Å². The minimum absolute atomic E-state index is 0.146. The van der Waals surface area contributed by atoms with E-state index in [2.05, 4.69) is 22.5 Å². The van der Waals surface area contributed by atoms with Crippen molar-refractivity contribution in [1.82, 2.24) is 10.3 Å². The van der Waals surface area contributed by atoms with Gasteiger partial charge in [0.15, 0.2) is 5.13 Å². The van der Waals surface area contributed by atoms with E-state index in [4.69, 9.17) is 5.73 Å². The molecule has 0 spiro atoms. The number of aromatic nitrogens is 1. The molecule has 0 saturated carbocycles. The van der Waals surface area contributed by atoms with Crippen LogP contribution in [0.5, 0.6) is 0 Å². The molecule has 0 bridgehead atoms. The van der Waals surface area contributed by atoms with Gasteiger partial charge in [-0.3, -0.25) is 4.79 Å². The van der Waals surface area contributed by atoms with Gasteiger partial charge in [-0.25, -0.2) is 4.98 Å². The van der Waals surface area contributed by atoms with E-state index in [1.807, 2.05) is 20.8 Å². The molecule has 4 N–H and O–H groups in total. The van der Waals surface area contributed by atoms with Crippen molar-refractivity contribution in [3.63, 3.8) is 0 Å². The summed E-state index contributed by atoms with van der Waals surface area (Å²) in [6.45, 7) is 8.85. The summed E-state index contributed by atoms with van der Waals surface area (Å²) < 4.78 is 0. The SMILES string of the molecule is CCCC(C)(C)NC(=O)c1sc(NCC)nc1N. The number of nitrogens with zero attached hydrogens (tertiary/aromatic N) is 1. The molecule has 0 atom stereocenters. The van der Waals surface area contributed by atoms with Crippen molar-refractivity contribution < 1.29 is 4.79 Å². The van der Waals surface area contributed by atoms with Crippen molar-refractivity contribution >= 4 is 28.2 Å². The Balaban J connectivity index is 2.78. The van der Waals surface area contributed by atoms with Crippen molar-refractivity contribution in [1.29, 1.82) is 0 Å². The van der Waals surface area contributed by atoms with Crippen LogP contribution in [0.1, 0.15) is 50.2 Å². The molecule has 0 aromatic carbocycles. The molecule has 0 aliphatic carbocycles. The van der Waals surface area contributed by atoms with Crippen molar-refractivity contribution in [2.45, 2.75) is 46.1 Å². The molecule has 1 heterocycles. The van der Waals surface area contributed by atoms with Gasteiger partial charge in [-0.1, -0.05) is 24.7 Å². The maximum absolute atomic E-state index is 12.1. The lowest BCUT2D eigenvalue weighted by Gasteiger charge is -2.25. The molecule has 18 heavy (non-hydrogen) atoms. The Hall–Kier alpha value is -1.30. The minimum atomic E-state index is -0.222. The third-order valence-corrected chi connectivity index (χ3v) is 3.54. The van der Waals surface area contributed by atoms with Crippen LogP contribution in [0, 0.1) is 0 Å². The van der Waals surface area contributed by atoms with Gasteiger partial charge in [-0.05, 0) is 27.2 Å². The number of nitrogen functional groups attached to an aromatic ring is 1. The number of rotatable bonds is 6. The summed E-state index contributed by atoms with van der Waals surface area (Å²) in [5.74, 6) is 0.147. The highest BCUT2D eigenvalue weighted by molar-refractivity contribution is 7.18. The Labute approximate surface area is 112 Å². The highest BCUT2D eigenvalue weighted by Gasteiger charge is 2.23. The molecule has 0 saturated heterocycles. The van der Waals surface area contributed by atoms with Gasteiger partial charge in [-0.2, -0.15) is 0 Å². The molecule has 6 heteroatoms. The number of hydrogen-bond donors (Lipinski definition) is 3. The smallest absolute Gasteiger partial charge is 0.265 e. The van der Waals surface area contributed by atoms with E-state index in [1.54, 1.807) is 0 Å². The largest absolute Gasteiger partial charge is 0.382 e. The summed E-state index contributed by atoms with van der Waals surface area (Å²) in [4.78, 5) is 16.7. The Morgan fingerprint density at radius 2 is 2.11 bits per heavy atom. The lowest BCUT2D eigenvalue weighted by atomic mass is 9.99. The predicted molar refractivity (Wildman–Crippen MR) is 77.1 cm³/mol. The number of nitrogens with one attached hydrogen (secondary N) is 2. The van der Waals surface area contributed by atoms with Gasteiger partial charge < -0.3 is 16.4 Å². The minimum Gasteiger partial charge on any atom is -0.382 e. The van der Waals surface area contributed by atoms with Gasteiger partial charge in [0.2, 0.25) is 0 Å². The molecule has 0 radical (unpaired) electrons. The zero-order chi connectivity index (χ0) is 13.8. The highest BCUT2D eigenvalue weighted by atomic mass is 32.1. The van der Waals surface area contributed by atoms with Crippen LogP contribution < -0.4 is 16.4 Å². The quantitative estimate of drug-likeness (QED) is 0.742. The van der Waals surface area contributed by atoms with Crippen LogP contribution in [0.4, 0.5) is 10.9 Å². The lowest BCUT2D eigenvalue weighted by Crippen LogP contribution is -2.43. The fourth-order valence-electron chi connectivity index (χ4n) is 1.77. The summed E-state index contributed by atoms with van der Waals surface area (Å²) >= 11 is 1.29. The first-order valence-corrected chi connectivity index (χ1v) is 7.04. The van der Waals surface area contributed by atoms with Crippen LogP contribution in [0.2, 0.25) is 0 Å². The average Bonchev–Trinajstić information content (AvgIpc) is 2.59. The number of amides is 1. The van der Waals surface area contributed by atoms with Crippen molar-refractivity contribution in [3.8, 4) is 0 Å². The second-order valence-electron chi connectivity index (χ2n) is 4.85. The van der Waals surface area contributed by atoms with Gasteiger partial charge >= 0.3 is 0 Å². The van der Waals surface area contributed by atoms with E-state index in [9.17, 15) is 4.79 Å². The maximum Gasteiger partial charge on any atom is 0.265 e. The summed E-state index contributed by atoms with van der Waals surface area (Å²) in [6.07, 6.45) is 1.95. The van der Waals surface area contributed by atoms with Gasteiger partial charge in [0.1, 0.15) is 10.7 Å². The molecule has 1 aromatic rings. The Bertz CT molecular complexity index is 414. The summed E-state index contributed by atoms with van der Waals surface area (Å²) in [6, 6.07) is 0. The van der Waals surface area contributed by atoms with Crippen LogP contribution >= 0.6 is 11.3 Å². The Morgan fingerprint density at radius 1 is 1.44 bits per heavy atom. The molecule has 102 valence electrons. The normalized spacial score (nSPS) is 11.3. The van der Waals surface area contributed by atoms with Crippen molar-refractivity contribution in [2.24, 2.45) is 0 Å². The molecule has 5 nitrogen and oxygen atoms in total. The number of anilines is 2. The number of thiazole rings is 1. The van der Waals surface area contributed by atoms with E-state index in [1.165, 1.54) is 11.3 Å². The third-order valence-electron chi connectivity index (χ3n) is 2.51. The van der Waals surface area contributed by atoms with E-state index < -0.39 is 0 Å². The summed E-state index contributed by atoms with van der Waals surface area (Å²) in [5.41, 5.74) is 5.54. The molecule has 0 aliphatic heterocycles. The second-order valence-corrected chi connectivity index (χ2v) is 5.85. The van der Waals surface area contributed by atoms with Gasteiger partial charge in [0, 0.05) is 12.1 Å². The van der Waals surface area contributed by atoms with Gasteiger partial charge in [0.05, 0.1) is 0 Å². The monoisotopic (exact) mass is 270 g/mol. The Kier molecular flexibility index (Phi) is 4.95. The van der Waals surface area contributed by atoms with Crippen LogP contribution in [-0.4, -0.2) is 23.0 Å². The number of carbonyl (C=O) groups is 1. The van der Waals surface area contributed by atoms with Gasteiger partial charge in [0.25, 0.3) is 5.91 Å². The molecule has 0 fully saturated rings. The first-order valence-electron chi connectivity index (χ1n) is 6.22. The number of hydrogen-bond acceptors (Lipinski definition) is 5. The van der Waals surface area contributed by atoms with Crippen molar-refractivity contribution in [3.05, 3.63) is 4.88 Å². The van der Waals surface area contributed by atoms with E-state index in [0.717, 1.165) is 19.4 Å². The maximum atomic E-state index is 12.1. The van der Waals surface area contributed by atoms with E-state index in [0.29, 0.717) is 15.8 Å². The second kappa shape index (κ2) is 6.04. The van der Waals surface area contributed by atoms with Crippen LogP contribution in [0.15, 0.2) is 0 Å². The first-order chi connectivity index (χ1) is 8.39. The predicted octanol–water partition coefficient (Wildman–Crippen LogP) is 2.47. The number of nitrogens with two attached hydrogens (primary N) is 1. The molecule has 1 rings (SSSR count). The zero-order valence-electron chi connectivity index (χ0n) is 11.5. The van der Waals surface area contributed by atoms with Crippen molar-refractivity contribution in [2.75, 3.05) is 17.6 Å². The van der Waals surface area contributed by atoms with Crippen LogP contribution in [0.25, 0.3) is 0 Å². The lowest BCUT2D eigenvalue weighted by molar-refractivity contribution is 0.0914. The van der Waals surface area contributed by atoms with E-state index in [-0.39, 0.29) is 11.4 Å². The van der Waals surface area contributed by atoms with Crippen LogP contribution in [0.3, 0.4) is 0 Å². The Morgan fingerprint density at radius 3 is 2.67 bits per heavy atom. The molecular formula is C12H22N4OS. The van der Waals surface area contributed by atoms with Crippen LogP contribution in [-0.2, 0) is 0 Å². The number of carbonyl (C=O) groups excluding carboxylic acids is 1. The molecule has 0 unspecified atom stereocenters. The molecule has 1 aromatic heterocycles. The fraction of sp³-hybridized carbons (Fsp3) is 0.667. The first kappa shape index (κ1) is 14.8. The summed E-state index contributed by atoms with van der Waals surface area (Å²) in [5, 5.41) is 6.74. The highest BCUT2D eigenvalue weighted by Crippen LogP contribution is 2.25. The summed E-state index contributed by atoms with van der Waals surface area (Å²) in [7, 11) is 0.